The molecule has 12 N–H and O–H groups in total. The van der Waals surface area contributed by atoms with Crippen LogP contribution in [0.5, 0.6) is 0 Å². The van der Waals surface area contributed by atoms with E-state index in [-0.39, 0.29) is 18.9 Å². The van der Waals surface area contributed by atoms with E-state index in [1.165, 1.54) is 103 Å². The van der Waals surface area contributed by atoms with Crippen LogP contribution in [-0.4, -0.2) is 193 Å². The minimum Gasteiger partial charge on any atom is -0.394 e. The van der Waals surface area contributed by atoms with Crippen LogP contribution in [0.2, 0.25) is 0 Å². The van der Waals surface area contributed by atoms with Gasteiger partial charge in [0.15, 0.2) is 18.9 Å². The fourth-order valence-corrected chi connectivity index (χ4v) is 9.63. The van der Waals surface area contributed by atoms with Crippen LogP contribution in [0.4, 0.5) is 0 Å². The number of hydrogen-bond donors (Lipinski definition) is 12. The van der Waals surface area contributed by atoms with Gasteiger partial charge in [-0.2, -0.15) is 0 Å². The first-order chi connectivity index (χ1) is 36.3. The van der Waals surface area contributed by atoms with Crippen molar-refractivity contribution in [2.75, 3.05) is 26.4 Å². The zero-order chi connectivity index (χ0) is 54.8. The van der Waals surface area contributed by atoms with Crippen molar-refractivity contribution in [1.29, 1.82) is 0 Å². The summed E-state index contributed by atoms with van der Waals surface area (Å²) in [5, 5.41) is 120. The second-order valence-electron chi connectivity index (χ2n) is 20.7. The third-order valence-electron chi connectivity index (χ3n) is 14.4. The smallest absolute Gasteiger partial charge is 0.220 e. The van der Waals surface area contributed by atoms with E-state index in [0.717, 1.165) is 44.9 Å². The number of amides is 1. The molecule has 19 nitrogen and oxygen atoms in total. The molecule has 0 aliphatic carbocycles. The zero-order valence-corrected chi connectivity index (χ0v) is 45.3. The number of aliphatic hydroxyl groups is 11. The van der Waals surface area contributed by atoms with E-state index >= 15 is 0 Å². The summed E-state index contributed by atoms with van der Waals surface area (Å²) in [5.41, 5.74) is 0. The summed E-state index contributed by atoms with van der Waals surface area (Å²) in [4.78, 5) is 13.3. The maximum absolute atomic E-state index is 13.3. The maximum atomic E-state index is 13.3. The van der Waals surface area contributed by atoms with Crippen LogP contribution in [0.15, 0.2) is 36.5 Å². The third kappa shape index (κ3) is 24.9. The Labute approximate surface area is 447 Å². The van der Waals surface area contributed by atoms with Crippen molar-refractivity contribution in [1.82, 2.24) is 5.32 Å². The van der Waals surface area contributed by atoms with Gasteiger partial charge in [0, 0.05) is 6.42 Å². The molecule has 19 heteroatoms. The van der Waals surface area contributed by atoms with Gasteiger partial charge in [0.05, 0.1) is 38.6 Å². The molecule has 0 saturated carbocycles. The number of nitrogens with one attached hydrogen (secondary N) is 1. The van der Waals surface area contributed by atoms with Gasteiger partial charge in [-0.3, -0.25) is 4.79 Å². The summed E-state index contributed by atoms with van der Waals surface area (Å²) in [6, 6.07) is -0.991. The van der Waals surface area contributed by atoms with Gasteiger partial charge >= 0.3 is 0 Å². The van der Waals surface area contributed by atoms with Gasteiger partial charge < -0.3 is 89.9 Å². The number of ether oxygens (including phenoxy) is 6. The van der Waals surface area contributed by atoms with Gasteiger partial charge in [0.1, 0.15) is 73.2 Å². The Morgan fingerprint density at radius 1 is 0.467 bits per heavy atom. The highest BCUT2D eigenvalue weighted by Crippen LogP contribution is 2.33. The minimum absolute atomic E-state index is 0.235. The highest BCUT2D eigenvalue weighted by Gasteiger charge is 2.53. The molecule has 17 unspecified atom stereocenters. The molecule has 1 amide bonds. The summed E-state index contributed by atoms with van der Waals surface area (Å²) >= 11 is 0. The number of aliphatic hydroxyl groups excluding tert-OH is 11. The standard InChI is InChI=1S/C56H101NO18/c1-3-5-7-9-11-13-15-17-18-19-20-22-24-26-28-30-32-34-44(62)57-39(40(61)33-31-29-27-25-23-21-16-14-12-10-8-6-4-2)38-70-54-50(68)47(65)52(42(36-59)72-54)75-56-51(69)48(66)53(43(37-60)73-56)74-55-49(67)46(64)45(63)41(35-58)71-55/h12,14,23,25,31,33,39-43,45-56,58-61,63-69H,3-11,13,15-22,24,26-30,32,34-38H2,1-2H3,(H,57,62)/b14-12+,25-23+,33-31+. The van der Waals surface area contributed by atoms with Crippen molar-refractivity contribution in [3.8, 4) is 0 Å². The molecule has 3 aliphatic rings. The molecule has 3 rings (SSSR count). The van der Waals surface area contributed by atoms with E-state index in [9.17, 15) is 61.0 Å². The molecule has 3 saturated heterocycles. The van der Waals surface area contributed by atoms with Gasteiger partial charge in [-0.15, -0.1) is 0 Å². The number of allylic oxidation sites excluding steroid dienone is 5. The Balaban J connectivity index is 1.53. The molecule has 0 aromatic carbocycles. The van der Waals surface area contributed by atoms with Gasteiger partial charge in [-0.05, 0) is 44.9 Å². The van der Waals surface area contributed by atoms with Crippen molar-refractivity contribution in [2.24, 2.45) is 0 Å². The SMILES string of the molecule is CCCCC/C=C/CC/C=C/CC/C=C/C(O)C(COC1OC(CO)C(OC2OC(CO)C(OC3OC(CO)C(O)C(O)C3O)C(O)C2O)C(O)C1O)NC(=O)CCCCCCCCCCCCCCCCCCC. The number of carbonyl (C=O) groups is 1. The van der Waals surface area contributed by atoms with Crippen molar-refractivity contribution in [2.45, 2.75) is 285 Å². The molecule has 3 heterocycles. The maximum Gasteiger partial charge on any atom is 0.220 e. The van der Waals surface area contributed by atoms with Crippen molar-refractivity contribution >= 4 is 5.91 Å². The Morgan fingerprint density at radius 2 is 0.853 bits per heavy atom. The van der Waals surface area contributed by atoms with E-state index < -0.39 is 124 Å². The summed E-state index contributed by atoms with van der Waals surface area (Å²) < 4.78 is 34.2. The second-order valence-corrected chi connectivity index (χ2v) is 20.7. The van der Waals surface area contributed by atoms with Crippen LogP contribution in [0.1, 0.15) is 181 Å². The molecule has 438 valence electrons. The van der Waals surface area contributed by atoms with Crippen molar-refractivity contribution in [3.05, 3.63) is 36.5 Å². The average Bonchev–Trinajstić information content (AvgIpc) is 3.41. The van der Waals surface area contributed by atoms with Gasteiger partial charge in [-0.25, -0.2) is 0 Å². The van der Waals surface area contributed by atoms with Crippen LogP contribution in [0, 0.1) is 0 Å². The monoisotopic (exact) mass is 1080 g/mol. The van der Waals surface area contributed by atoms with E-state index in [2.05, 4.69) is 43.5 Å². The van der Waals surface area contributed by atoms with E-state index in [1.54, 1.807) is 6.08 Å². The fourth-order valence-electron chi connectivity index (χ4n) is 9.63. The molecule has 0 aromatic rings. The summed E-state index contributed by atoms with van der Waals surface area (Å²) in [7, 11) is 0. The zero-order valence-electron chi connectivity index (χ0n) is 45.3. The Morgan fingerprint density at radius 3 is 1.33 bits per heavy atom. The Bertz CT molecular complexity index is 1520. The molecule has 0 radical (unpaired) electrons. The van der Waals surface area contributed by atoms with Gasteiger partial charge in [-0.1, -0.05) is 166 Å². The highest BCUT2D eigenvalue weighted by molar-refractivity contribution is 5.76. The lowest BCUT2D eigenvalue weighted by atomic mass is 9.96. The predicted octanol–water partition coefficient (Wildman–Crippen LogP) is 4.15. The van der Waals surface area contributed by atoms with Crippen LogP contribution in [0.25, 0.3) is 0 Å². The molecule has 0 aromatic heterocycles. The minimum atomic E-state index is -1.98. The molecular formula is C56H101NO18. The van der Waals surface area contributed by atoms with Crippen molar-refractivity contribution in [3.63, 3.8) is 0 Å². The Kier molecular flexibility index (Phi) is 36.1. The quantitative estimate of drug-likeness (QED) is 0.0302. The number of rotatable bonds is 41. The Hall–Kier alpha value is -1.99. The lowest BCUT2D eigenvalue weighted by molar-refractivity contribution is -0.379. The third-order valence-corrected chi connectivity index (χ3v) is 14.4. The molecule has 75 heavy (non-hydrogen) atoms. The lowest BCUT2D eigenvalue weighted by Gasteiger charge is -2.48. The molecule has 17 atom stereocenters. The summed E-state index contributed by atoms with van der Waals surface area (Å²) in [6.07, 6.45) is 14.2. The normalized spacial score (nSPS) is 31.5. The van der Waals surface area contributed by atoms with Crippen LogP contribution >= 0.6 is 0 Å². The molecular weight excluding hydrogens is 975 g/mol. The van der Waals surface area contributed by atoms with Gasteiger partial charge in [0.2, 0.25) is 5.91 Å². The van der Waals surface area contributed by atoms with E-state index in [1.807, 2.05) is 6.08 Å². The molecule has 3 aliphatic heterocycles. The van der Waals surface area contributed by atoms with Crippen LogP contribution in [-0.2, 0) is 33.2 Å². The second kappa shape index (κ2) is 40.2. The lowest BCUT2D eigenvalue weighted by Crippen LogP contribution is -2.66. The highest BCUT2D eigenvalue weighted by atomic mass is 16.8. The van der Waals surface area contributed by atoms with Gasteiger partial charge in [0.25, 0.3) is 0 Å². The summed E-state index contributed by atoms with van der Waals surface area (Å²) in [6.45, 7) is 1.65. The number of hydrogen-bond acceptors (Lipinski definition) is 18. The number of carbonyl (C=O) groups excluding carboxylic acids is 1. The predicted molar refractivity (Wildman–Crippen MR) is 282 cm³/mol. The largest absolute Gasteiger partial charge is 0.394 e. The van der Waals surface area contributed by atoms with Crippen LogP contribution in [0.3, 0.4) is 0 Å². The molecule has 0 bridgehead atoms. The van der Waals surface area contributed by atoms with Crippen LogP contribution < -0.4 is 5.32 Å². The topological polar surface area (TPSA) is 307 Å². The number of unbranched alkanes of at least 4 members (excludes halogenated alkanes) is 21. The molecule has 3 fully saturated rings. The fraction of sp³-hybridized carbons (Fsp3) is 0.875. The molecule has 0 spiro atoms. The van der Waals surface area contributed by atoms with E-state index in [4.69, 9.17) is 28.4 Å². The summed E-state index contributed by atoms with van der Waals surface area (Å²) in [5.74, 6) is -0.290. The van der Waals surface area contributed by atoms with E-state index in [0.29, 0.717) is 12.8 Å². The first kappa shape index (κ1) is 67.3. The first-order valence-electron chi connectivity index (χ1n) is 28.7. The average molecular weight is 1080 g/mol. The first-order valence-corrected chi connectivity index (χ1v) is 28.7. The van der Waals surface area contributed by atoms with Crippen molar-refractivity contribution < 1.29 is 89.4 Å².